The summed E-state index contributed by atoms with van der Waals surface area (Å²) in [5.74, 6) is 1.42. The molecule has 2 aromatic heterocycles. The van der Waals surface area contributed by atoms with Crippen LogP contribution in [-0.2, 0) is 13.1 Å². The Bertz CT molecular complexity index is 572. The minimum absolute atomic E-state index is 0.135. The van der Waals surface area contributed by atoms with Crippen molar-refractivity contribution < 1.29 is 0 Å². The van der Waals surface area contributed by atoms with Crippen LogP contribution in [0.25, 0.3) is 0 Å². The molecule has 0 spiro atoms. The van der Waals surface area contributed by atoms with Crippen LogP contribution < -0.4 is 11.4 Å². The SMILES string of the molecule is CCCn1c(SCCCn2ccc(N)n2)n[nH]c1=O. The molecule has 0 saturated heterocycles. The highest BCUT2D eigenvalue weighted by molar-refractivity contribution is 7.99. The first-order chi connectivity index (χ1) is 9.20. The molecule has 0 saturated carbocycles. The molecule has 2 rings (SSSR count). The maximum absolute atomic E-state index is 11.5. The number of nitrogen functional groups attached to an aromatic ring is 1. The van der Waals surface area contributed by atoms with E-state index in [1.165, 1.54) is 0 Å². The van der Waals surface area contributed by atoms with Crippen LogP contribution in [0.15, 0.2) is 22.2 Å². The second kappa shape index (κ2) is 6.46. The smallest absolute Gasteiger partial charge is 0.343 e. The molecule has 104 valence electrons. The summed E-state index contributed by atoms with van der Waals surface area (Å²) in [6.45, 7) is 3.55. The molecule has 0 amide bonds. The standard InChI is InChI=1S/C11H18N6OS/c1-2-5-17-10(18)13-14-11(17)19-8-3-6-16-7-4-9(12)15-16/h4,7H,2-3,5-6,8H2,1H3,(H2,12,15)(H,13,18). The Morgan fingerprint density at radius 2 is 2.32 bits per heavy atom. The topological polar surface area (TPSA) is 94.5 Å². The number of aromatic amines is 1. The van der Waals surface area contributed by atoms with Crippen LogP contribution in [0.3, 0.4) is 0 Å². The molecule has 0 fully saturated rings. The molecule has 0 aliphatic carbocycles. The fourth-order valence-electron chi connectivity index (χ4n) is 1.73. The summed E-state index contributed by atoms with van der Waals surface area (Å²) >= 11 is 1.58. The predicted molar refractivity (Wildman–Crippen MR) is 75.1 cm³/mol. The fraction of sp³-hybridized carbons (Fsp3) is 0.545. The Labute approximate surface area is 115 Å². The summed E-state index contributed by atoms with van der Waals surface area (Å²) in [6.07, 6.45) is 3.72. The van der Waals surface area contributed by atoms with Crippen LogP contribution in [0.1, 0.15) is 19.8 Å². The van der Waals surface area contributed by atoms with Gasteiger partial charge in [0.05, 0.1) is 0 Å². The molecule has 0 unspecified atom stereocenters. The molecule has 3 N–H and O–H groups in total. The number of hydrogen-bond acceptors (Lipinski definition) is 5. The molecule has 0 atom stereocenters. The van der Waals surface area contributed by atoms with E-state index in [0.717, 1.165) is 30.3 Å². The molecule has 8 heteroatoms. The molecular weight excluding hydrogens is 264 g/mol. The lowest BCUT2D eigenvalue weighted by atomic mass is 10.5. The number of rotatable bonds is 7. The maximum Gasteiger partial charge on any atom is 0.343 e. The minimum atomic E-state index is -0.135. The number of nitrogens with one attached hydrogen (secondary N) is 1. The van der Waals surface area contributed by atoms with Crippen molar-refractivity contribution in [1.29, 1.82) is 0 Å². The number of aryl methyl sites for hydroxylation is 1. The number of aromatic nitrogens is 5. The van der Waals surface area contributed by atoms with Crippen molar-refractivity contribution in [2.24, 2.45) is 0 Å². The second-order valence-corrected chi connectivity index (χ2v) is 5.23. The highest BCUT2D eigenvalue weighted by Crippen LogP contribution is 2.14. The van der Waals surface area contributed by atoms with E-state index < -0.39 is 0 Å². The van der Waals surface area contributed by atoms with E-state index in [0.29, 0.717) is 12.4 Å². The third-order valence-electron chi connectivity index (χ3n) is 2.59. The minimum Gasteiger partial charge on any atom is -0.382 e. The van der Waals surface area contributed by atoms with E-state index >= 15 is 0 Å². The highest BCUT2D eigenvalue weighted by Gasteiger charge is 2.07. The van der Waals surface area contributed by atoms with Crippen molar-refractivity contribution in [3.05, 3.63) is 22.7 Å². The van der Waals surface area contributed by atoms with Crippen molar-refractivity contribution in [2.75, 3.05) is 11.5 Å². The van der Waals surface area contributed by atoms with Gasteiger partial charge in [-0.25, -0.2) is 9.89 Å². The van der Waals surface area contributed by atoms with Gasteiger partial charge in [0.25, 0.3) is 0 Å². The molecule has 0 aliphatic rings. The number of anilines is 1. The zero-order valence-electron chi connectivity index (χ0n) is 10.9. The molecule has 2 aromatic rings. The van der Waals surface area contributed by atoms with E-state index in [2.05, 4.69) is 15.3 Å². The quantitative estimate of drug-likeness (QED) is 0.582. The van der Waals surface area contributed by atoms with Crippen LogP contribution in [0.2, 0.25) is 0 Å². The average Bonchev–Trinajstić information content (AvgIpc) is 2.95. The van der Waals surface area contributed by atoms with Crippen molar-refractivity contribution in [3.8, 4) is 0 Å². The third-order valence-corrected chi connectivity index (χ3v) is 3.66. The second-order valence-electron chi connectivity index (χ2n) is 4.17. The summed E-state index contributed by atoms with van der Waals surface area (Å²) in [6, 6.07) is 1.78. The normalized spacial score (nSPS) is 11.0. The van der Waals surface area contributed by atoms with Crippen LogP contribution >= 0.6 is 11.8 Å². The molecule has 0 aromatic carbocycles. The Morgan fingerprint density at radius 1 is 1.47 bits per heavy atom. The largest absolute Gasteiger partial charge is 0.382 e. The van der Waals surface area contributed by atoms with Gasteiger partial charge >= 0.3 is 5.69 Å². The number of nitrogens with two attached hydrogens (primary N) is 1. The van der Waals surface area contributed by atoms with E-state index in [1.54, 1.807) is 22.4 Å². The summed E-state index contributed by atoms with van der Waals surface area (Å²) in [4.78, 5) is 11.5. The molecule has 0 aliphatic heterocycles. The third kappa shape index (κ3) is 3.63. The van der Waals surface area contributed by atoms with E-state index in [-0.39, 0.29) is 5.69 Å². The van der Waals surface area contributed by atoms with Gasteiger partial charge in [0, 0.05) is 25.0 Å². The molecule has 0 bridgehead atoms. The molecule has 7 nitrogen and oxygen atoms in total. The monoisotopic (exact) mass is 282 g/mol. The number of thioether (sulfide) groups is 1. The van der Waals surface area contributed by atoms with E-state index in [4.69, 9.17) is 5.73 Å². The van der Waals surface area contributed by atoms with Gasteiger partial charge in [-0.15, -0.1) is 5.10 Å². The van der Waals surface area contributed by atoms with Gasteiger partial charge in [-0.2, -0.15) is 5.10 Å². The van der Waals surface area contributed by atoms with Crippen LogP contribution in [0.4, 0.5) is 5.82 Å². The highest BCUT2D eigenvalue weighted by atomic mass is 32.2. The van der Waals surface area contributed by atoms with Gasteiger partial charge in [-0.1, -0.05) is 18.7 Å². The molecule has 2 heterocycles. The lowest BCUT2D eigenvalue weighted by Crippen LogP contribution is -2.17. The van der Waals surface area contributed by atoms with E-state index in [9.17, 15) is 4.79 Å². The van der Waals surface area contributed by atoms with Gasteiger partial charge in [0.15, 0.2) is 5.16 Å². The van der Waals surface area contributed by atoms with Crippen molar-refractivity contribution in [1.82, 2.24) is 24.5 Å². The maximum atomic E-state index is 11.5. The zero-order valence-corrected chi connectivity index (χ0v) is 11.7. The Kier molecular flexibility index (Phi) is 4.67. The first kappa shape index (κ1) is 13.7. The van der Waals surface area contributed by atoms with Crippen LogP contribution in [0, 0.1) is 0 Å². The number of hydrogen-bond donors (Lipinski definition) is 2. The van der Waals surface area contributed by atoms with Gasteiger partial charge in [0.2, 0.25) is 0 Å². The summed E-state index contributed by atoms with van der Waals surface area (Å²) < 4.78 is 3.50. The predicted octanol–water partition coefficient (Wildman–Crippen LogP) is 0.942. The van der Waals surface area contributed by atoms with Crippen LogP contribution in [-0.4, -0.2) is 30.3 Å². The fourth-order valence-corrected chi connectivity index (χ4v) is 2.62. The zero-order chi connectivity index (χ0) is 13.7. The Balaban J connectivity index is 1.81. The van der Waals surface area contributed by atoms with Crippen molar-refractivity contribution >= 4 is 17.6 Å². The first-order valence-electron chi connectivity index (χ1n) is 6.27. The Morgan fingerprint density at radius 3 is 3.00 bits per heavy atom. The van der Waals surface area contributed by atoms with Gasteiger partial charge in [-0.3, -0.25) is 9.25 Å². The van der Waals surface area contributed by atoms with Crippen molar-refractivity contribution in [3.63, 3.8) is 0 Å². The summed E-state index contributed by atoms with van der Waals surface area (Å²) in [5, 5.41) is 11.4. The number of H-pyrrole nitrogens is 1. The lowest BCUT2D eigenvalue weighted by molar-refractivity contribution is 0.597. The van der Waals surface area contributed by atoms with E-state index in [1.807, 2.05) is 17.8 Å². The molecule has 19 heavy (non-hydrogen) atoms. The van der Waals surface area contributed by atoms with Gasteiger partial charge < -0.3 is 5.73 Å². The number of nitrogens with zero attached hydrogens (tertiary/aromatic N) is 4. The molecule has 0 radical (unpaired) electrons. The Hall–Kier alpha value is -1.70. The summed E-state index contributed by atoms with van der Waals surface area (Å²) in [5.41, 5.74) is 5.41. The average molecular weight is 282 g/mol. The first-order valence-corrected chi connectivity index (χ1v) is 7.26. The lowest BCUT2D eigenvalue weighted by Gasteiger charge is -2.03. The van der Waals surface area contributed by atoms with Crippen LogP contribution in [0.5, 0.6) is 0 Å². The summed E-state index contributed by atoms with van der Waals surface area (Å²) in [7, 11) is 0. The van der Waals surface area contributed by atoms with Gasteiger partial charge in [0.1, 0.15) is 5.82 Å². The molecular formula is C11H18N6OS. The van der Waals surface area contributed by atoms with Crippen molar-refractivity contribution in [2.45, 2.75) is 38.0 Å². The van der Waals surface area contributed by atoms with Gasteiger partial charge in [-0.05, 0) is 18.9 Å².